The Hall–Kier alpha value is -2.04. The van der Waals surface area contributed by atoms with Gasteiger partial charge in [0.05, 0.1) is 0 Å². The van der Waals surface area contributed by atoms with Gasteiger partial charge in [-0.1, -0.05) is 13.0 Å². The highest BCUT2D eigenvalue weighted by atomic mass is 16.5. The summed E-state index contributed by atoms with van der Waals surface area (Å²) in [4.78, 5) is 25.2. The van der Waals surface area contributed by atoms with E-state index in [-0.39, 0.29) is 12.5 Å². The van der Waals surface area contributed by atoms with E-state index in [4.69, 9.17) is 10.5 Å². The van der Waals surface area contributed by atoms with Crippen molar-refractivity contribution in [2.45, 2.75) is 38.6 Å². The molecule has 0 unspecified atom stereocenters. The van der Waals surface area contributed by atoms with E-state index in [0.717, 1.165) is 18.8 Å². The molecule has 0 aliphatic heterocycles. The fraction of sp³-hybridized carbons (Fsp3) is 0.529. The molecule has 0 spiro atoms. The third kappa shape index (κ3) is 4.23. The Morgan fingerprint density at radius 1 is 1.27 bits per heavy atom. The van der Waals surface area contributed by atoms with Crippen LogP contribution in [0.2, 0.25) is 0 Å². The molecule has 1 aromatic carbocycles. The zero-order valence-electron chi connectivity index (χ0n) is 13.2. The number of nitrogens with two attached hydrogens (primary N) is 1. The van der Waals surface area contributed by atoms with Crippen LogP contribution in [-0.2, 0) is 4.79 Å². The molecule has 1 saturated carbocycles. The van der Waals surface area contributed by atoms with Crippen LogP contribution in [0.3, 0.4) is 0 Å². The Morgan fingerprint density at radius 3 is 2.59 bits per heavy atom. The average Bonchev–Trinajstić information content (AvgIpc) is 2.52. The van der Waals surface area contributed by atoms with Crippen molar-refractivity contribution in [3.05, 3.63) is 29.8 Å². The molecule has 5 heteroatoms. The number of primary amides is 1. The Morgan fingerprint density at radius 2 is 1.95 bits per heavy atom. The fourth-order valence-corrected chi connectivity index (χ4v) is 2.87. The SMILES string of the molecule is CC1CCC(N(C)C(=O)c2cccc(OCC(N)=O)c2)CC1. The van der Waals surface area contributed by atoms with Gasteiger partial charge in [-0.3, -0.25) is 9.59 Å². The molecule has 1 aliphatic rings. The number of hydrogen-bond acceptors (Lipinski definition) is 3. The fourth-order valence-electron chi connectivity index (χ4n) is 2.87. The Kier molecular flexibility index (Phi) is 5.41. The molecule has 1 aromatic rings. The van der Waals surface area contributed by atoms with Gasteiger partial charge in [-0.2, -0.15) is 0 Å². The molecule has 1 aliphatic carbocycles. The van der Waals surface area contributed by atoms with Gasteiger partial charge in [0, 0.05) is 18.7 Å². The minimum Gasteiger partial charge on any atom is -0.484 e. The molecule has 1 fully saturated rings. The average molecular weight is 304 g/mol. The van der Waals surface area contributed by atoms with Crippen LogP contribution in [0.5, 0.6) is 5.75 Å². The highest BCUT2D eigenvalue weighted by Gasteiger charge is 2.25. The lowest BCUT2D eigenvalue weighted by Gasteiger charge is -2.33. The summed E-state index contributed by atoms with van der Waals surface area (Å²) in [6.45, 7) is 2.07. The van der Waals surface area contributed by atoms with Crippen molar-refractivity contribution >= 4 is 11.8 Å². The van der Waals surface area contributed by atoms with Crippen molar-refractivity contribution in [1.29, 1.82) is 0 Å². The maximum atomic E-state index is 12.6. The first-order chi connectivity index (χ1) is 10.5. The Balaban J connectivity index is 2.02. The smallest absolute Gasteiger partial charge is 0.255 e. The molecule has 2 amide bonds. The lowest BCUT2D eigenvalue weighted by atomic mass is 9.86. The molecule has 120 valence electrons. The molecule has 0 heterocycles. The molecule has 0 radical (unpaired) electrons. The van der Waals surface area contributed by atoms with Gasteiger partial charge in [0.2, 0.25) is 0 Å². The van der Waals surface area contributed by atoms with E-state index in [1.807, 2.05) is 11.9 Å². The van der Waals surface area contributed by atoms with Crippen molar-refractivity contribution in [3.8, 4) is 5.75 Å². The first-order valence-corrected chi connectivity index (χ1v) is 7.75. The summed E-state index contributed by atoms with van der Waals surface area (Å²) in [6, 6.07) is 7.19. The Bertz CT molecular complexity index is 536. The van der Waals surface area contributed by atoms with Crippen LogP contribution in [0.25, 0.3) is 0 Å². The summed E-state index contributed by atoms with van der Waals surface area (Å²) in [7, 11) is 1.86. The minimum absolute atomic E-state index is 0.0101. The predicted octanol–water partition coefficient (Wildman–Crippen LogP) is 2.20. The van der Waals surface area contributed by atoms with Gasteiger partial charge in [0.1, 0.15) is 5.75 Å². The molecule has 0 atom stereocenters. The summed E-state index contributed by atoms with van der Waals surface area (Å²) < 4.78 is 5.25. The van der Waals surface area contributed by atoms with Crippen molar-refractivity contribution < 1.29 is 14.3 Å². The van der Waals surface area contributed by atoms with Gasteiger partial charge in [-0.15, -0.1) is 0 Å². The number of nitrogens with zero attached hydrogens (tertiary/aromatic N) is 1. The first kappa shape index (κ1) is 16.3. The quantitative estimate of drug-likeness (QED) is 0.906. The largest absolute Gasteiger partial charge is 0.484 e. The van der Waals surface area contributed by atoms with Crippen molar-refractivity contribution in [2.24, 2.45) is 11.7 Å². The highest BCUT2D eigenvalue weighted by molar-refractivity contribution is 5.94. The third-order valence-corrected chi connectivity index (χ3v) is 4.32. The number of rotatable bonds is 5. The van der Waals surface area contributed by atoms with Gasteiger partial charge < -0.3 is 15.4 Å². The van der Waals surface area contributed by atoms with E-state index in [0.29, 0.717) is 17.4 Å². The van der Waals surface area contributed by atoms with Crippen LogP contribution in [0.4, 0.5) is 0 Å². The minimum atomic E-state index is -0.537. The molecule has 5 nitrogen and oxygen atoms in total. The van der Waals surface area contributed by atoms with Crippen molar-refractivity contribution in [2.75, 3.05) is 13.7 Å². The molecule has 0 saturated heterocycles. The monoisotopic (exact) mass is 304 g/mol. The molecular weight excluding hydrogens is 280 g/mol. The van der Waals surface area contributed by atoms with Gasteiger partial charge in [-0.05, 0) is 49.8 Å². The van der Waals surface area contributed by atoms with E-state index in [1.165, 1.54) is 12.8 Å². The predicted molar refractivity (Wildman–Crippen MR) is 84.6 cm³/mol. The van der Waals surface area contributed by atoms with E-state index in [1.54, 1.807) is 24.3 Å². The zero-order chi connectivity index (χ0) is 16.1. The second kappa shape index (κ2) is 7.29. The summed E-state index contributed by atoms with van der Waals surface area (Å²) in [5, 5.41) is 0. The van der Waals surface area contributed by atoms with Crippen LogP contribution >= 0.6 is 0 Å². The molecule has 2 rings (SSSR count). The second-order valence-electron chi connectivity index (χ2n) is 6.11. The van der Waals surface area contributed by atoms with Crippen LogP contribution in [0, 0.1) is 5.92 Å². The van der Waals surface area contributed by atoms with E-state index in [2.05, 4.69) is 6.92 Å². The Labute approximate surface area is 131 Å². The maximum Gasteiger partial charge on any atom is 0.255 e. The first-order valence-electron chi connectivity index (χ1n) is 7.75. The van der Waals surface area contributed by atoms with Crippen LogP contribution < -0.4 is 10.5 Å². The number of carbonyl (C=O) groups excluding carboxylic acids is 2. The molecule has 0 bridgehead atoms. The molecule has 22 heavy (non-hydrogen) atoms. The molecule has 0 aromatic heterocycles. The number of hydrogen-bond donors (Lipinski definition) is 1. The molecule has 2 N–H and O–H groups in total. The van der Waals surface area contributed by atoms with Gasteiger partial charge in [-0.25, -0.2) is 0 Å². The van der Waals surface area contributed by atoms with Crippen LogP contribution in [0.15, 0.2) is 24.3 Å². The number of carbonyl (C=O) groups is 2. The van der Waals surface area contributed by atoms with E-state index < -0.39 is 5.91 Å². The summed E-state index contributed by atoms with van der Waals surface area (Å²) in [5.41, 5.74) is 5.63. The topological polar surface area (TPSA) is 72.6 Å². The summed E-state index contributed by atoms with van der Waals surface area (Å²) in [5.74, 6) is 0.690. The van der Waals surface area contributed by atoms with Crippen LogP contribution in [0.1, 0.15) is 43.0 Å². The third-order valence-electron chi connectivity index (χ3n) is 4.32. The van der Waals surface area contributed by atoms with E-state index in [9.17, 15) is 9.59 Å². The van der Waals surface area contributed by atoms with Gasteiger partial charge in [0.25, 0.3) is 11.8 Å². The summed E-state index contributed by atoms with van der Waals surface area (Å²) >= 11 is 0. The van der Waals surface area contributed by atoms with Gasteiger partial charge >= 0.3 is 0 Å². The maximum absolute atomic E-state index is 12.6. The van der Waals surface area contributed by atoms with Crippen molar-refractivity contribution in [1.82, 2.24) is 4.90 Å². The number of amides is 2. The lowest BCUT2D eigenvalue weighted by molar-refractivity contribution is -0.119. The zero-order valence-corrected chi connectivity index (χ0v) is 13.2. The summed E-state index contributed by atoms with van der Waals surface area (Å²) in [6.07, 6.45) is 4.46. The second-order valence-corrected chi connectivity index (χ2v) is 6.11. The van der Waals surface area contributed by atoms with Crippen molar-refractivity contribution in [3.63, 3.8) is 0 Å². The standard InChI is InChI=1S/C17H24N2O3/c1-12-6-8-14(9-7-12)19(2)17(21)13-4-3-5-15(10-13)22-11-16(18)20/h3-5,10,12,14H,6-9,11H2,1-2H3,(H2,18,20). The van der Waals surface area contributed by atoms with E-state index >= 15 is 0 Å². The van der Waals surface area contributed by atoms with Gasteiger partial charge in [0.15, 0.2) is 6.61 Å². The van der Waals surface area contributed by atoms with Crippen LogP contribution in [-0.4, -0.2) is 36.4 Å². The molecular formula is C17H24N2O3. The normalized spacial score (nSPS) is 21.2. The lowest BCUT2D eigenvalue weighted by Crippen LogP contribution is -2.39. The number of benzene rings is 1. The highest BCUT2D eigenvalue weighted by Crippen LogP contribution is 2.27. The number of ether oxygens (including phenoxy) is 1.